The molecule has 0 aromatic heterocycles. The highest BCUT2D eigenvalue weighted by Crippen LogP contribution is 2.69. The smallest absolute Gasteiger partial charge is 0.136 e. The fraction of sp³-hybridized carbons (Fsp3) is 0.964. The van der Waals surface area contributed by atoms with E-state index in [0.717, 1.165) is 25.7 Å². The molecule has 4 heteroatoms. The van der Waals surface area contributed by atoms with E-state index >= 15 is 0 Å². The van der Waals surface area contributed by atoms with Crippen molar-refractivity contribution < 1.29 is 19.7 Å². The average Bonchev–Trinajstić information content (AvgIpc) is 3.39. The third-order valence-corrected chi connectivity index (χ3v) is 11.9. The summed E-state index contributed by atoms with van der Waals surface area (Å²) in [6.07, 6.45) is 6.92. The van der Waals surface area contributed by atoms with Gasteiger partial charge in [0.25, 0.3) is 0 Å². The number of hydrogen-bond donors (Lipinski definition) is 2. The lowest BCUT2D eigenvalue weighted by molar-refractivity contribution is -0.154. The van der Waals surface area contributed by atoms with Crippen molar-refractivity contribution in [2.75, 3.05) is 0 Å². The van der Waals surface area contributed by atoms with Gasteiger partial charge in [0.1, 0.15) is 5.78 Å². The summed E-state index contributed by atoms with van der Waals surface area (Å²) < 4.78 is 5.90. The minimum Gasteiger partial charge on any atom is -0.390 e. The van der Waals surface area contributed by atoms with Crippen molar-refractivity contribution in [2.24, 2.45) is 58.2 Å². The predicted octanol–water partition coefficient (Wildman–Crippen LogP) is 4.85. The van der Waals surface area contributed by atoms with Crippen LogP contribution in [-0.4, -0.2) is 40.4 Å². The number of fused-ring (bicyclic) bond motifs is 6. The van der Waals surface area contributed by atoms with Gasteiger partial charge in [-0.2, -0.15) is 0 Å². The van der Waals surface area contributed by atoms with Crippen LogP contribution in [-0.2, 0) is 9.53 Å². The van der Waals surface area contributed by atoms with Gasteiger partial charge in [0.05, 0.1) is 24.4 Å². The number of Topliss-reactive ketones (excluding diaryl/α,β-unsaturated/α-hetero) is 1. The first-order valence-electron chi connectivity index (χ1n) is 13.5. The summed E-state index contributed by atoms with van der Waals surface area (Å²) in [7, 11) is 0. The second-order valence-corrected chi connectivity index (χ2v) is 13.4. The molecule has 0 aromatic rings. The van der Waals surface area contributed by atoms with Gasteiger partial charge in [0.15, 0.2) is 0 Å². The van der Waals surface area contributed by atoms with Gasteiger partial charge in [0, 0.05) is 12.3 Å². The molecule has 0 radical (unpaired) electrons. The number of ether oxygens (including phenoxy) is 1. The van der Waals surface area contributed by atoms with Crippen LogP contribution in [0.25, 0.3) is 0 Å². The molecule has 4 saturated carbocycles. The van der Waals surface area contributed by atoms with Crippen LogP contribution in [0.4, 0.5) is 0 Å². The summed E-state index contributed by atoms with van der Waals surface area (Å²) in [5.74, 6) is 3.34. The van der Waals surface area contributed by atoms with E-state index in [2.05, 4.69) is 41.5 Å². The van der Waals surface area contributed by atoms with Crippen LogP contribution in [0.5, 0.6) is 0 Å². The van der Waals surface area contributed by atoms with Gasteiger partial charge in [-0.15, -0.1) is 0 Å². The fourth-order valence-corrected chi connectivity index (χ4v) is 9.48. The molecular weight excluding hydrogens is 400 g/mol. The highest BCUT2D eigenvalue weighted by atomic mass is 16.6. The maximum absolute atomic E-state index is 13.4. The molecule has 4 nitrogen and oxygen atoms in total. The molecule has 2 N–H and O–H groups in total. The zero-order valence-corrected chi connectivity index (χ0v) is 21.1. The minimum absolute atomic E-state index is 0.0793. The highest BCUT2D eigenvalue weighted by Gasteiger charge is 2.66. The number of rotatable bonds is 5. The van der Waals surface area contributed by atoms with E-state index in [9.17, 15) is 15.0 Å². The van der Waals surface area contributed by atoms with E-state index in [1.165, 1.54) is 19.3 Å². The Morgan fingerprint density at radius 3 is 2.31 bits per heavy atom. The highest BCUT2D eigenvalue weighted by molar-refractivity contribution is 5.83. The molecule has 6 unspecified atom stereocenters. The number of hydrogen-bond acceptors (Lipinski definition) is 4. The van der Waals surface area contributed by atoms with Gasteiger partial charge >= 0.3 is 0 Å². The molecule has 1 heterocycles. The van der Waals surface area contributed by atoms with Crippen molar-refractivity contribution in [3.05, 3.63) is 0 Å². The largest absolute Gasteiger partial charge is 0.390 e. The van der Waals surface area contributed by atoms with Gasteiger partial charge < -0.3 is 14.9 Å². The molecular formula is C28H46O4. The number of carbonyl (C=O) groups is 1. The van der Waals surface area contributed by atoms with Crippen molar-refractivity contribution in [1.29, 1.82) is 0 Å². The lowest BCUT2D eigenvalue weighted by Crippen LogP contribution is -2.57. The maximum atomic E-state index is 13.4. The standard InChI is InChI=1S/C28H46O4/c1-14(2)15(3)25(30)26(31)16(4)18-7-8-19-17-11-22(29)21-12-23-24(32-23)13-28(21,6)20(17)9-10-27(18,19)5/h14-21,23-26,30-31H,7-13H2,1-6H3/t15?,16-,17-,18+,19-,20-,21?,23?,24?,25?,26?,27+,28+/m0/s1. The lowest BCUT2D eigenvalue weighted by Gasteiger charge is -2.59. The summed E-state index contributed by atoms with van der Waals surface area (Å²) in [6, 6.07) is 0. The normalized spacial score (nSPS) is 51.2. The second kappa shape index (κ2) is 7.78. The quantitative estimate of drug-likeness (QED) is 0.592. The van der Waals surface area contributed by atoms with E-state index < -0.39 is 12.2 Å². The Kier molecular flexibility index (Phi) is 5.67. The van der Waals surface area contributed by atoms with Crippen LogP contribution in [0, 0.1) is 58.2 Å². The molecule has 0 bridgehead atoms. The lowest BCUT2D eigenvalue weighted by atomic mass is 9.44. The third-order valence-electron chi connectivity index (χ3n) is 11.9. The van der Waals surface area contributed by atoms with Crippen molar-refractivity contribution >= 4 is 5.78 Å². The van der Waals surface area contributed by atoms with Crippen LogP contribution in [0.1, 0.15) is 86.5 Å². The monoisotopic (exact) mass is 446 g/mol. The summed E-state index contributed by atoms with van der Waals surface area (Å²) in [5, 5.41) is 22.0. The molecule has 0 spiro atoms. The number of aliphatic hydroxyl groups excluding tert-OH is 2. The Balaban J connectivity index is 1.36. The van der Waals surface area contributed by atoms with E-state index in [0.29, 0.717) is 47.6 Å². The Bertz CT molecular complexity index is 750. The van der Waals surface area contributed by atoms with Crippen molar-refractivity contribution in [2.45, 2.75) is 111 Å². The summed E-state index contributed by atoms with van der Waals surface area (Å²) >= 11 is 0. The number of epoxide rings is 1. The van der Waals surface area contributed by atoms with E-state index in [1.54, 1.807) is 0 Å². The summed E-state index contributed by atoms with van der Waals surface area (Å²) in [6.45, 7) is 13.3. The van der Waals surface area contributed by atoms with Gasteiger partial charge in [-0.25, -0.2) is 0 Å². The predicted molar refractivity (Wildman–Crippen MR) is 125 cm³/mol. The Labute approximate surface area is 194 Å². The Morgan fingerprint density at radius 1 is 0.938 bits per heavy atom. The number of carbonyl (C=O) groups excluding carboxylic acids is 1. The molecule has 5 aliphatic rings. The van der Waals surface area contributed by atoms with Crippen LogP contribution < -0.4 is 0 Å². The van der Waals surface area contributed by atoms with Crippen LogP contribution >= 0.6 is 0 Å². The molecule has 13 atom stereocenters. The molecule has 1 aliphatic heterocycles. The second-order valence-electron chi connectivity index (χ2n) is 13.4. The van der Waals surface area contributed by atoms with Gasteiger partial charge in [0.2, 0.25) is 0 Å². The Hall–Kier alpha value is -0.450. The molecule has 1 saturated heterocycles. The minimum atomic E-state index is -0.678. The first-order chi connectivity index (χ1) is 15.0. The molecule has 4 aliphatic carbocycles. The van der Waals surface area contributed by atoms with Crippen molar-refractivity contribution in [1.82, 2.24) is 0 Å². The molecule has 5 fully saturated rings. The molecule has 0 aromatic carbocycles. The van der Waals surface area contributed by atoms with E-state index in [1.807, 2.05) is 0 Å². The fourth-order valence-electron chi connectivity index (χ4n) is 9.48. The molecule has 182 valence electrons. The Morgan fingerprint density at radius 2 is 1.62 bits per heavy atom. The van der Waals surface area contributed by atoms with Crippen LogP contribution in [0.2, 0.25) is 0 Å². The molecule has 32 heavy (non-hydrogen) atoms. The molecule has 0 amide bonds. The van der Waals surface area contributed by atoms with Gasteiger partial charge in [-0.1, -0.05) is 41.5 Å². The number of ketones is 1. The first-order valence-corrected chi connectivity index (χ1v) is 13.5. The molecule has 5 rings (SSSR count). The third kappa shape index (κ3) is 3.29. The zero-order chi connectivity index (χ0) is 23.2. The zero-order valence-electron chi connectivity index (χ0n) is 21.1. The number of aliphatic hydroxyl groups is 2. The van der Waals surface area contributed by atoms with Gasteiger partial charge in [-0.05, 0) is 90.8 Å². The van der Waals surface area contributed by atoms with E-state index in [4.69, 9.17) is 4.74 Å². The first kappa shape index (κ1) is 23.3. The van der Waals surface area contributed by atoms with Crippen LogP contribution in [0.15, 0.2) is 0 Å². The van der Waals surface area contributed by atoms with E-state index in [-0.39, 0.29) is 28.6 Å². The SMILES string of the molecule is CC(C)C(C)C(O)C(O)[C@@H](C)[C@H]1CC[C@H]2[C@@H]3CC(=O)C4CC5OC5C[C@]4(C)[C@H]3CC[C@]12C. The summed E-state index contributed by atoms with van der Waals surface area (Å²) in [5.41, 5.74) is 0.282. The average molecular weight is 447 g/mol. The summed E-state index contributed by atoms with van der Waals surface area (Å²) in [4.78, 5) is 13.4. The van der Waals surface area contributed by atoms with Gasteiger partial charge in [-0.3, -0.25) is 4.79 Å². The van der Waals surface area contributed by atoms with Crippen LogP contribution in [0.3, 0.4) is 0 Å². The maximum Gasteiger partial charge on any atom is 0.136 e. The van der Waals surface area contributed by atoms with Crippen molar-refractivity contribution in [3.63, 3.8) is 0 Å². The van der Waals surface area contributed by atoms with Crippen molar-refractivity contribution in [3.8, 4) is 0 Å². The topological polar surface area (TPSA) is 70.1 Å².